The Labute approximate surface area is 122 Å². The van der Waals surface area contributed by atoms with Gasteiger partial charge in [-0.05, 0) is 22.4 Å². The average molecular weight is 332 g/mol. The summed E-state index contributed by atoms with van der Waals surface area (Å²) in [6.07, 6.45) is 3.61. The van der Waals surface area contributed by atoms with Crippen molar-refractivity contribution in [3.05, 3.63) is 21.0 Å². The molecule has 0 aromatic carbocycles. The molecule has 1 heterocycles. The van der Waals surface area contributed by atoms with E-state index in [0.717, 1.165) is 12.8 Å². The van der Waals surface area contributed by atoms with E-state index in [1.165, 1.54) is 4.68 Å². The molecule has 0 amide bonds. The summed E-state index contributed by atoms with van der Waals surface area (Å²) < 4.78 is 1.96. The Morgan fingerprint density at radius 1 is 1.53 bits per heavy atom. The highest BCUT2D eigenvalue weighted by Crippen LogP contribution is 2.20. The smallest absolute Gasteiger partial charge is 0.283 e. The van der Waals surface area contributed by atoms with Crippen LogP contribution in [0.1, 0.15) is 33.6 Å². The summed E-state index contributed by atoms with van der Waals surface area (Å²) in [6, 6.07) is 0. The quantitative estimate of drug-likeness (QED) is 0.804. The third kappa shape index (κ3) is 4.62. The van der Waals surface area contributed by atoms with E-state index >= 15 is 0 Å². The van der Waals surface area contributed by atoms with E-state index in [9.17, 15) is 9.90 Å². The normalized spacial score (nSPS) is 11.6. The second kappa shape index (κ2) is 7.05. The number of nitrogens with one attached hydrogen (secondary N) is 1. The number of aromatic nitrogens is 2. The molecule has 0 aliphatic rings. The molecule has 2 N–H and O–H groups in total. The Bertz CT molecular complexity index is 471. The van der Waals surface area contributed by atoms with Crippen LogP contribution in [0.2, 0.25) is 0 Å². The monoisotopic (exact) mass is 331 g/mol. The van der Waals surface area contributed by atoms with Gasteiger partial charge in [0.1, 0.15) is 4.47 Å². The standard InChI is InChI=1S/C13H22BrN3O2/c1-4-5-6-17-12(19)11(14)10(7-16-17)15-8-13(2,3)9-18/h7,15,18H,4-6,8-9H2,1-3H3. The number of aliphatic hydroxyl groups excluding tert-OH is 1. The molecule has 0 aliphatic heterocycles. The molecule has 1 aromatic heterocycles. The fourth-order valence-electron chi connectivity index (χ4n) is 1.45. The van der Waals surface area contributed by atoms with Gasteiger partial charge >= 0.3 is 0 Å². The Morgan fingerprint density at radius 2 is 2.21 bits per heavy atom. The number of aryl methyl sites for hydroxylation is 1. The molecule has 5 nitrogen and oxygen atoms in total. The van der Waals surface area contributed by atoms with Crippen LogP contribution in [-0.4, -0.2) is 28.0 Å². The molecular formula is C13H22BrN3O2. The first-order valence-corrected chi connectivity index (χ1v) is 7.31. The van der Waals surface area contributed by atoms with Crippen LogP contribution in [0.4, 0.5) is 5.69 Å². The maximum absolute atomic E-state index is 12.1. The first-order chi connectivity index (χ1) is 8.91. The van der Waals surface area contributed by atoms with Gasteiger partial charge in [0.25, 0.3) is 5.56 Å². The fraction of sp³-hybridized carbons (Fsp3) is 0.692. The van der Waals surface area contributed by atoms with Crippen molar-refractivity contribution in [2.75, 3.05) is 18.5 Å². The highest BCUT2D eigenvalue weighted by molar-refractivity contribution is 9.10. The highest BCUT2D eigenvalue weighted by atomic mass is 79.9. The lowest BCUT2D eigenvalue weighted by atomic mass is 9.95. The minimum absolute atomic E-state index is 0.0820. The zero-order chi connectivity index (χ0) is 14.5. The number of halogens is 1. The molecule has 0 bridgehead atoms. The van der Waals surface area contributed by atoms with E-state index in [-0.39, 0.29) is 17.6 Å². The van der Waals surface area contributed by atoms with Gasteiger partial charge in [-0.1, -0.05) is 27.2 Å². The van der Waals surface area contributed by atoms with Crippen molar-refractivity contribution >= 4 is 21.6 Å². The molecule has 0 unspecified atom stereocenters. The van der Waals surface area contributed by atoms with Crippen LogP contribution in [0.3, 0.4) is 0 Å². The van der Waals surface area contributed by atoms with E-state index < -0.39 is 0 Å². The summed E-state index contributed by atoms with van der Waals surface area (Å²) >= 11 is 3.31. The Hall–Kier alpha value is -0.880. The van der Waals surface area contributed by atoms with Crippen LogP contribution >= 0.6 is 15.9 Å². The molecule has 6 heteroatoms. The van der Waals surface area contributed by atoms with Gasteiger partial charge in [0.15, 0.2) is 0 Å². The summed E-state index contributed by atoms with van der Waals surface area (Å²) in [4.78, 5) is 12.1. The lowest BCUT2D eigenvalue weighted by Gasteiger charge is -2.22. The molecule has 0 spiro atoms. The molecular weight excluding hydrogens is 310 g/mol. The van der Waals surface area contributed by atoms with E-state index in [0.29, 0.717) is 23.2 Å². The number of aliphatic hydroxyl groups is 1. The molecule has 19 heavy (non-hydrogen) atoms. The zero-order valence-electron chi connectivity index (χ0n) is 11.7. The van der Waals surface area contributed by atoms with Gasteiger partial charge in [0, 0.05) is 25.1 Å². The summed E-state index contributed by atoms with van der Waals surface area (Å²) in [5, 5.41) is 16.5. The first-order valence-electron chi connectivity index (χ1n) is 6.51. The lowest BCUT2D eigenvalue weighted by molar-refractivity contribution is 0.171. The Balaban J connectivity index is 2.82. The van der Waals surface area contributed by atoms with Crippen LogP contribution in [0.25, 0.3) is 0 Å². The van der Waals surface area contributed by atoms with Gasteiger partial charge in [-0.2, -0.15) is 5.10 Å². The average Bonchev–Trinajstić information content (AvgIpc) is 2.39. The summed E-state index contributed by atoms with van der Waals surface area (Å²) in [6.45, 7) is 7.26. The second-order valence-electron chi connectivity index (χ2n) is 5.43. The van der Waals surface area contributed by atoms with Gasteiger partial charge < -0.3 is 10.4 Å². The third-order valence-corrected chi connectivity index (χ3v) is 3.66. The molecule has 0 saturated heterocycles. The number of nitrogens with zero attached hydrogens (tertiary/aromatic N) is 2. The molecule has 0 radical (unpaired) electrons. The Kier molecular flexibility index (Phi) is 6.00. The predicted molar refractivity (Wildman–Crippen MR) is 80.5 cm³/mol. The van der Waals surface area contributed by atoms with Crippen molar-refractivity contribution < 1.29 is 5.11 Å². The van der Waals surface area contributed by atoms with Crippen molar-refractivity contribution in [2.24, 2.45) is 5.41 Å². The van der Waals surface area contributed by atoms with Gasteiger partial charge in [0.05, 0.1) is 11.9 Å². The minimum atomic E-state index is -0.240. The number of rotatable bonds is 7. The van der Waals surface area contributed by atoms with E-state index in [2.05, 4.69) is 33.3 Å². The molecule has 0 saturated carbocycles. The molecule has 0 aliphatic carbocycles. The molecule has 1 aromatic rings. The van der Waals surface area contributed by atoms with Gasteiger partial charge in [-0.15, -0.1) is 0 Å². The summed E-state index contributed by atoms with van der Waals surface area (Å²) in [5.74, 6) is 0. The van der Waals surface area contributed by atoms with Crippen LogP contribution < -0.4 is 10.9 Å². The maximum Gasteiger partial charge on any atom is 0.283 e. The van der Waals surface area contributed by atoms with Crippen molar-refractivity contribution in [3.8, 4) is 0 Å². The number of anilines is 1. The van der Waals surface area contributed by atoms with Crippen molar-refractivity contribution in [3.63, 3.8) is 0 Å². The molecule has 0 fully saturated rings. The molecule has 108 valence electrons. The third-order valence-electron chi connectivity index (χ3n) is 2.89. The van der Waals surface area contributed by atoms with Gasteiger partial charge in [-0.3, -0.25) is 4.79 Å². The highest BCUT2D eigenvalue weighted by Gasteiger charge is 2.17. The van der Waals surface area contributed by atoms with Crippen molar-refractivity contribution in [2.45, 2.75) is 40.2 Å². The second-order valence-corrected chi connectivity index (χ2v) is 6.22. The van der Waals surface area contributed by atoms with E-state index in [1.807, 2.05) is 13.8 Å². The van der Waals surface area contributed by atoms with Crippen molar-refractivity contribution in [1.82, 2.24) is 9.78 Å². The maximum atomic E-state index is 12.1. The minimum Gasteiger partial charge on any atom is -0.396 e. The fourth-order valence-corrected chi connectivity index (χ4v) is 1.89. The van der Waals surface area contributed by atoms with Crippen LogP contribution in [-0.2, 0) is 6.54 Å². The summed E-state index contributed by atoms with van der Waals surface area (Å²) in [5.41, 5.74) is 0.302. The van der Waals surface area contributed by atoms with Crippen LogP contribution in [0.5, 0.6) is 0 Å². The number of hydrogen-bond donors (Lipinski definition) is 2. The van der Waals surface area contributed by atoms with Gasteiger partial charge in [-0.25, -0.2) is 4.68 Å². The Morgan fingerprint density at radius 3 is 2.79 bits per heavy atom. The first kappa shape index (κ1) is 16.2. The zero-order valence-corrected chi connectivity index (χ0v) is 13.3. The van der Waals surface area contributed by atoms with Crippen LogP contribution in [0, 0.1) is 5.41 Å². The van der Waals surface area contributed by atoms with E-state index in [1.54, 1.807) is 6.20 Å². The predicted octanol–water partition coefficient (Wildman–Crippen LogP) is 2.24. The largest absolute Gasteiger partial charge is 0.396 e. The van der Waals surface area contributed by atoms with Crippen molar-refractivity contribution in [1.29, 1.82) is 0 Å². The lowest BCUT2D eigenvalue weighted by Crippen LogP contribution is -2.29. The van der Waals surface area contributed by atoms with Gasteiger partial charge in [0.2, 0.25) is 0 Å². The molecule has 0 atom stereocenters. The topological polar surface area (TPSA) is 67.2 Å². The number of hydrogen-bond acceptors (Lipinski definition) is 4. The SMILES string of the molecule is CCCCn1ncc(NCC(C)(C)CO)c(Br)c1=O. The summed E-state index contributed by atoms with van der Waals surface area (Å²) in [7, 11) is 0. The van der Waals surface area contributed by atoms with E-state index in [4.69, 9.17) is 0 Å². The number of unbranched alkanes of at least 4 members (excludes halogenated alkanes) is 1. The van der Waals surface area contributed by atoms with Crippen LogP contribution in [0.15, 0.2) is 15.5 Å². The molecule has 1 rings (SSSR count).